The second kappa shape index (κ2) is 5.08. The van der Waals surface area contributed by atoms with Gasteiger partial charge in [0.15, 0.2) is 5.84 Å². The predicted molar refractivity (Wildman–Crippen MR) is 70.5 cm³/mol. The molecule has 0 amide bonds. The number of amidine groups is 1. The van der Waals surface area contributed by atoms with Gasteiger partial charge in [-0.15, -0.1) is 0 Å². The Bertz CT molecular complexity index is 313. The van der Waals surface area contributed by atoms with Crippen LogP contribution >= 0.6 is 15.9 Å². The molecule has 0 aromatic heterocycles. The molecule has 0 atom stereocenters. The van der Waals surface area contributed by atoms with Gasteiger partial charge < -0.3 is 14.7 Å². The smallest absolute Gasteiger partial charge is 0.152 e. The molecule has 0 N–H and O–H groups in total. The fraction of sp³-hybridized carbons (Fsp3) is 0.727. The highest BCUT2D eigenvalue weighted by Gasteiger charge is 2.27. The molecule has 2 aliphatic rings. The number of fused-ring (bicyclic) bond motifs is 1. The SMILES string of the molecule is CN1C=C2C(=NCN2CCCCBr)N(C)C1. The Balaban J connectivity index is 2.00. The van der Waals surface area contributed by atoms with Crippen LogP contribution in [-0.2, 0) is 0 Å². The third kappa shape index (κ3) is 2.34. The van der Waals surface area contributed by atoms with Crippen LogP contribution in [0.15, 0.2) is 16.9 Å². The van der Waals surface area contributed by atoms with Crippen molar-refractivity contribution in [3.63, 3.8) is 0 Å². The minimum Gasteiger partial charge on any atom is -0.361 e. The van der Waals surface area contributed by atoms with Gasteiger partial charge in [0, 0.05) is 32.2 Å². The summed E-state index contributed by atoms with van der Waals surface area (Å²) in [4.78, 5) is 11.4. The van der Waals surface area contributed by atoms with Crippen LogP contribution in [0.25, 0.3) is 0 Å². The summed E-state index contributed by atoms with van der Waals surface area (Å²) in [6, 6.07) is 0. The molecule has 2 heterocycles. The van der Waals surface area contributed by atoms with Gasteiger partial charge in [0.05, 0.1) is 12.4 Å². The third-order valence-electron chi connectivity index (χ3n) is 2.91. The van der Waals surface area contributed by atoms with E-state index < -0.39 is 0 Å². The van der Waals surface area contributed by atoms with E-state index in [0.717, 1.165) is 31.0 Å². The fourth-order valence-corrected chi connectivity index (χ4v) is 2.54. The number of alkyl halides is 1. The van der Waals surface area contributed by atoms with E-state index in [2.05, 4.69) is 55.9 Å². The summed E-state index contributed by atoms with van der Waals surface area (Å²) >= 11 is 3.47. The van der Waals surface area contributed by atoms with E-state index in [-0.39, 0.29) is 0 Å². The minimum atomic E-state index is 0.821. The molecule has 0 bridgehead atoms. The van der Waals surface area contributed by atoms with Gasteiger partial charge in [0.1, 0.15) is 6.67 Å². The molecule has 0 aliphatic carbocycles. The monoisotopic (exact) mass is 286 g/mol. The lowest BCUT2D eigenvalue weighted by Gasteiger charge is -2.33. The first-order chi connectivity index (χ1) is 7.72. The van der Waals surface area contributed by atoms with Crippen molar-refractivity contribution in [2.45, 2.75) is 12.8 Å². The quantitative estimate of drug-likeness (QED) is 0.578. The largest absolute Gasteiger partial charge is 0.361 e. The van der Waals surface area contributed by atoms with E-state index in [1.165, 1.54) is 18.5 Å². The molecule has 2 aliphatic heterocycles. The molecule has 4 nitrogen and oxygen atoms in total. The van der Waals surface area contributed by atoms with Crippen molar-refractivity contribution >= 4 is 21.8 Å². The zero-order valence-corrected chi connectivity index (χ0v) is 11.6. The van der Waals surface area contributed by atoms with Crippen LogP contribution in [0.5, 0.6) is 0 Å². The summed E-state index contributed by atoms with van der Waals surface area (Å²) in [5.74, 6) is 1.15. The van der Waals surface area contributed by atoms with Crippen molar-refractivity contribution in [3.8, 4) is 0 Å². The molecular formula is C11H19BrN4. The minimum absolute atomic E-state index is 0.821. The lowest BCUT2D eigenvalue weighted by Crippen LogP contribution is -2.42. The molecule has 0 fully saturated rings. The summed E-state index contributed by atoms with van der Waals surface area (Å²) in [5, 5.41) is 1.09. The number of unbranched alkanes of at least 4 members (excludes halogenated alkanes) is 1. The molecule has 90 valence electrons. The number of hydrogen-bond donors (Lipinski definition) is 0. The molecule has 0 aromatic rings. The molecule has 2 rings (SSSR count). The zero-order valence-electron chi connectivity index (χ0n) is 9.99. The molecular weight excluding hydrogens is 268 g/mol. The number of nitrogens with zero attached hydrogens (tertiary/aromatic N) is 4. The van der Waals surface area contributed by atoms with Crippen LogP contribution in [0.2, 0.25) is 0 Å². The van der Waals surface area contributed by atoms with E-state index in [1.807, 2.05) is 0 Å². The summed E-state index contributed by atoms with van der Waals surface area (Å²) in [6.45, 7) is 2.85. The Kier molecular flexibility index (Phi) is 3.74. The summed E-state index contributed by atoms with van der Waals surface area (Å²) < 4.78 is 0. The molecule has 0 spiro atoms. The van der Waals surface area contributed by atoms with Crippen molar-refractivity contribution in [1.29, 1.82) is 0 Å². The molecule has 0 aromatic carbocycles. The molecule has 0 radical (unpaired) electrons. The van der Waals surface area contributed by atoms with Gasteiger partial charge in [0.25, 0.3) is 0 Å². The zero-order chi connectivity index (χ0) is 11.5. The van der Waals surface area contributed by atoms with Gasteiger partial charge in [-0.05, 0) is 12.8 Å². The van der Waals surface area contributed by atoms with Crippen molar-refractivity contribution in [2.75, 3.05) is 39.3 Å². The van der Waals surface area contributed by atoms with Gasteiger partial charge >= 0.3 is 0 Å². The number of rotatable bonds is 4. The number of likely N-dealkylation sites (N-methyl/N-ethyl adjacent to an activating group) is 1. The van der Waals surface area contributed by atoms with Crippen molar-refractivity contribution < 1.29 is 0 Å². The third-order valence-corrected chi connectivity index (χ3v) is 3.47. The number of halogens is 1. The van der Waals surface area contributed by atoms with Crippen LogP contribution in [0, 0.1) is 0 Å². The summed E-state index contributed by atoms with van der Waals surface area (Å²) in [6.07, 6.45) is 4.66. The van der Waals surface area contributed by atoms with Gasteiger partial charge in [-0.2, -0.15) is 0 Å². The van der Waals surface area contributed by atoms with Crippen LogP contribution < -0.4 is 0 Å². The highest BCUT2D eigenvalue weighted by atomic mass is 79.9. The normalized spacial score (nSPS) is 19.8. The predicted octanol–water partition coefficient (Wildman–Crippen LogP) is 1.51. The number of hydrogen-bond acceptors (Lipinski definition) is 4. The van der Waals surface area contributed by atoms with E-state index in [4.69, 9.17) is 0 Å². The van der Waals surface area contributed by atoms with Crippen LogP contribution in [0.4, 0.5) is 0 Å². The average molecular weight is 287 g/mol. The molecule has 0 saturated heterocycles. The van der Waals surface area contributed by atoms with Crippen LogP contribution in [-0.4, -0.2) is 59.8 Å². The first-order valence-electron chi connectivity index (χ1n) is 5.71. The van der Waals surface area contributed by atoms with E-state index in [0.29, 0.717) is 0 Å². The van der Waals surface area contributed by atoms with Crippen molar-refractivity contribution in [3.05, 3.63) is 11.9 Å². The Morgan fingerprint density at radius 3 is 2.94 bits per heavy atom. The van der Waals surface area contributed by atoms with E-state index in [9.17, 15) is 0 Å². The van der Waals surface area contributed by atoms with E-state index >= 15 is 0 Å². The van der Waals surface area contributed by atoms with Gasteiger partial charge in [-0.1, -0.05) is 15.9 Å². The maximum atomic E-state index is 4.60. The average Bonchev–Trinajstić information content (AvgIpc) is 2.62. The lowest BCUT2D eigenvalue weighted by atomic mass is 10.2. The highest BCUT2D eigenvalue weighted by Crippen LogP contribution is 2.21. The summed E-state index contributed by atoms with van der Waals surface area (Å²) in [7, 11) is 4.21. The van der Waals surface area contributed by atoms with Gasteiger partial charge in [0.2, 0.25) is 0 Å². The van der Waals surface area contributed by atoms with Crippen LogP contribution in [0.3, 0.4) is 0 Å². The maximum absolute atomic E-state index is 4.60. The Labute approximate surface area is 106 Å². The first kappa shape index (κ1) is 11.8. The molecule has 0 unspecified atom stereocenters. The van der Waals surface area contributed by atoms with Gasteiger partial charge in [-0.3, -0.25) is 0 Å². The lowest BCUT2D eigenvalue weighted by molar-refractivity contribution is 0.285. The second-order valence-corrected chi connectivity index (χ2v) is 5.19. The highest BCUT2D eigenvalue weighted by molar-refractivity contribution is 9.09. The number of aliphatic imine (C=N–C) groups is 1. The summed E-state index contributed by atoms with van der Waals surface area (Å²) in [5.41, 5.74) is 1.28. The standard InChI is InChI=1S/C11H19BrN4/c1-14-7-10-11(15(2)9-14)13-8-16(10)6-4-3-5-12/h7H,3-6,8-9H2,1-2H3. The maximum Gasteiger partial charge on any atom is 0.152 e. The second-order valence-electron chi connectivity index (χ2n) is 4.39. The topological polar surface area (TPSA) is 22.1 Å². The fourth-order valence-electron chi connectivity index (χ4n) is 2.15. The van der Waals surface area contributed by atoms with Crippen LogP contribution in [0.1, 0.15) is 12.8 Å². The van der Waals surface area contributed by atoms with Gasteiger partial charge in [-0.25, -0.2) is 4.99 Å². The Morgan fingerprint density at radius 1 is 1.38 bits per heavy atom. The first-order valence-corrected chi connectivity index (χ1v) is 6.83. The molecule has 0 saturated carbocycles. The van der Waals surface area contributed by atoms with Crippen molar-refractivity contribution in [1.82, 2.24) is 14.7 Å². The molecule has 16 heavy (non-hydrogen) atoms. The Hall–Kier alpha value is -0.710. The Morgan fingerprint density at radius 2 is 2.19 bits per heavy atom. The van der Waals surface area contributed by atoms with E-state index in [1.54, 1.807) is 0 Å². The van der Waals surface area contributed by atoms with Crippen molar-refractivity contribution in [2.24, 2.45) is 4.99 Å². The molecule has 5 heteroatoms.